The summed E-state index contributed by atoms with van der Waals surface area (Å²) in [6.45, 7) is 0. The van der Waals surface area contributed by atoms with Crippen LogP contribution in [0.5, 0.6) is 0 Å². The third-order valence-electron chi connectivity index (χ3n) is 10.5. The van der Waals surface area contributed by atoms with E-state index in [1.165, 1.54) is 0 Å². The van der Waals surface area contributed by atoms with Gasteiger partial charge in [0.25, 0.3) is 0 Å². The molecule has 0 unspecified atom stereocenters. The highest BCUT2D eigenvalue weighted by molar-refractivity contribution is 6.12. The lowest BCUT2D eigenvalue weighted by molar-refractivity contribution is 1.04. The van der Waals surface area contributed by atoms with Crippen LogP contribution >= 0.6 is 0 Å². The number of hydrogen-bond acceptors (Lipinski definition) is 4. The quantitative estimate of drug-likeness (QED) is 0.172. The third-order valence-corrected chi connectivity index (χ3v) is 10.5. The summed E-state index contributed by atoms with van der Waals surface area (Å²) in [7, 11) is 0. The Bertz CT molecular complexity index is 2890. The zero-order valence-electron chi connectivity index (χ0n) is 30.2. The van der Waals surface area contributed by atoms with Crippen molar-refractivity contribution in [2.75, 3.05) is 0 Å². The SMILES string of the molecule is c1ccc(-c2cc(-c3ccccc3)nc(-n3c4ccccc4c4nc5c6ccccc6n(-c6cc(-c7ccccc7)cc(-c7ccccc7)n6)c5nc43)c2)cc1. The van der Waals surface area contributed by atoms with E-state index in [9.17, 15) is 0 Å². The van der Waals surface area contributed by atoms with Gasteiger partial charge in [-0.2, -0.15) is 0 Å². The van der Waals surface area contributed by atoms with E-state index in [1.807, 2.05) is 24.3 Å². The summed E-state index contributed by atoms with van der Waals surface area (Å²) in [6.07, 6.45) is 0. The molecule has 0 spiro atoms. The van der Waals surface area contributed by atoms with Crippen molar-refractivity contribution in [3.8, 4) is 56.4 Å². The lowest BCUT2D eigenvalue weighted by atomic mass is 10.0. The zero-order chi connectivity index (χ0) is 37.0. The average Bonchev–Trinajstić information content (AvgIpc) is 3.78. The summed E-state index contributed by atoms with van der Waals surface area (Å²) in [4.78, 5) is 21.8. The summed E-state index contributed by atoms with van der Waals surface area (Å²) in [5, 5.41) is 2.02. The van der Waals surface area contributed by atoms with Crippen LogP contribution in [0.4, 0.5) is 0 Å². The largest absolute Gasteiger partial charge is 0.276 e. The Morgan fingerprint density at radius 1 is 0.286 bits per heavy atom. The van der Waals surface area contributed by atoms with E-state index in [0.717, 1.165) is 101 Å². The van der Waals surface area contributed by atoms with E-state index in [1.54, 1.807) is 0 Å². The maximum atomic E-state index is 5.60. The first kappa shape index (κ1) is 31.8. The third kappa shape index (κ3) is 5.27. The molecule has 0 fully saturated rings. The molecule has 6 nitrogen and oxygen atoms in total. The first-order valence-electron chi connectivity index (χ1n) is 18.7. The van der Waals surface area contributed by atoms with Crippen molar-refractivity contribution in [2.45, 2.75) is 0 Å². The molecule has 0 aliphatic rings. The van der Waals surface area contributed by atoms with E-state index >= 15 is 0 Å². The van der Waals surface area contributed by atoms with Crippen molar-refractivity contribution in [1.82, 2.24) is 29.1 Å². The van der Waals surface area contributed by atoms with Crippen LogP contribution < -0.4 is 0 Å². The van der Waals surface area contributed by atoms with E-state index in [4.69, 9.17) is 19.9 Å². The number of rotatable bonds is 6. The molecule has 56 heavy (non-hydrogen) atoms. The molecule has 11 aromatic rings. The molecule has 5 aromatic heterocycles. The highest BCUT2D eigenvalue weighted by Crippen LogP contribution is 2.38. The molecule has 0 bridgehead atoms. The predicted octanol–water partition coefficient (Wildman–Crippen LogP) is 12.1. The molecule has 5 heterocycles. The van der Waals surface area contributed by atoms with E-state index < -0.39 is 0 Å². The van der Waals surface area contributed by atoms with E-state index in [2.05, 4.69) is 179 Å². The Morgan fingerprint density at radius 2 is 0.643 bits per heavy atom. The van der Waals surface area contributed by atoms with Crippen LogP contribution in [0.15, 0.2) is 194 Å². The Balaban J connectivity index is 1.23. The lowest BCUT2D eigenvalue weighted by Crippen LogP contribution is -2.04. The average molecular weight is 717 g/mol. The van der Waals surface area contributed by atoms with Crippen molar-refractivity contribution in [3.63, 3.8) is 0 Å². The van der Waals surface area contributed by atoms with Crippen molar-refractivity contribution in [1.29, 1.82) is 0 Å². The monoisotopic (exact) mass is 716 g/mol. The molecule has 0 radical (unpaired) electrons. The fraction of sp³-hybridized carbons (Fsp3) is 0. The van der Waals surface area contributed by atoms with Crippen molar-refractivity contribution in [2.24, 2.45) is 0 Å². The highest BCUT2D eigenvalue weighted by Gasteiger charge is 2.23. The lowest BCUT2D eigenvalue weighted by Gasteiger charge is -2.13. The van der Waals surface area contributed by atoms with Crippen molar-refractivity contribution < 1.29 is 0 Å². The molecule has 0 aliphatic carbocycles. The van der Waals surface area contributed by atoms with Gasteiger partial charge in [-0.05, 0) is 58.7 Å². The molecule has 0 saturated carbocycles. The van der Waals surface area contributed by atoms with Gasteiger partial charge in [0, 0.05) is 21.9 Å². The maximum Gasteiger partial charge on any atom is 0.168 e. The van der Waals surface area contributed by atoms with Gasteiger partial charge in [0.2, 0.25) is 0 Å². The predicted molar refractivity (Wildman–Crippen MR) is 228 cm³/mol. The number of pyridine rings is 2. The summed E-state index contributed by atoms with van der Waals surface area (Å²) < 4.78 is 4.34. The van der Waals surface area contributed by atoms with Crippen LogP contribution in [0, 0.1) is 0 Å². The topological polar surface area (TPSA) is 61.4 Å². The Hall–Kier alpha value is -7.70. The van der Waals surface area contributed by atoms with Crippen LogP contribution in [-0.4, -0.2) is 29.1 Å². The number of benzene rings is 6. The fourth-order valence-electron chi connectivity index (χ4n) is 7.89. The first-order valence-corrected chi connectivity index (χ1v) is 18.7. The number of para-hydroxylation sites is 2. The minimum atomic E-state index is 0.724. The molecular weight excluding hydrogens is 685 g/mol. The van der Waals surface area contributed by atoms with Crippen LogP contribution in [0.3, 0.4) is 0 Å². The summed E-state index contributed by atoms with van der Waals surface area (Å²) in [5.74, 6) is 1.53. The van der Waals surface area contributed by atoms with Crippen LogP contribution in [0.1, 0.15) is 0 Å². The van der Waals surface area contributed by atoms with Gasteiger partial charge in [-0.3, -0.25) is 9.13 Å². The Labute approximate surface area is 322 Å². The van der Waals surface area contributed by atoms with Crippen LogP contribution in [-0.2, 0) is 0 Å². The van der Waals surface area contributed by atoms with Gasteiger partial charge < -0.3 is 0 Å². The Kier molecular flexibility index (Phi) is 7.38. The summed E-state index contributed by atoms with van der Waals surface area (Å²) in [5.41, 5.74) is 13.3. The minimum absolute atomic E-state index is 0.724. The number of nitrogens with zero attached hydrogens (tertiary/aromatic N) is 6. The molecule has 11 rings (SSSR count). The first-order chi connectivity index (χ1) is 27.8. The van der Waals surface area contributed by atoms with Gasteiger partial charge in [-0.1, -0.05) is 158 Å². The molecule has 262 valence electrons. The normalized spacial score (nSPS) is 11.6. The maximum absolute atomic E-state index is 5.60. The molecule has 0 atom stereocenters. The molecule has 0 N–H and O–H groups in total. The molecule has 6 aromatic carbocycles. The summed E-state index contributed by atoms with van der Waals surface area (Å²) in [6, 6.07) is 67.1. The van der Waals surface area contributed by atoms with Crippen molar-refractivity contribution in [3.05, 3.63) is 194 Å². The van der Waals surface area contributed by atoms with Crippen LogP contribution in [0.2, 0.25) is 0 Å². The number of aromatic nitrogens is 6. The zero-order valence-corrected chi connectivity index (χ0v) is 30.2. The van der Waals surface area contributed by atoms with Gasteiger partial charge in [0.05, 0.1) is 22.4 Å². The second kappa shape index (κ2) is 13.0. The number of fused-ring (bicyclic) bond motifs is 6. The minimum Gasteiger partial charge on any atom is -0.276 e. The molecule has 0 amide bonds. The molecule has 0 aliphatic heterocycles. The second-order valence-electron chi connectivity index (χ2n) is 13.9. The van der Waals surface area contributed by atoms with Gasteiger partial charge in [-0.25, -0.2) is 19.9 Å². The van der Waals surface area contributed by atoms with Gasteiger partial charge >= 0.3 is 0 Å². The molecule has 6 heteroatoms. The standard InChI is InChI=1S/C50H32N6/c1-5-17-33(18-6-1)37-29-41(35-21-9-3-10-22-35)51-45(31-37)55-43-27-15-13-25-39(43)47-49(55)54-50-48(53-47)40-26-14-16-28-44(40)56(50)46-32-38(34-19-7-2-8-20-34)30-42(52-46)36-23-11-4-12-24-36/h1-32H. The molecular formula is C50H32N6. The van der Waals surface area contributed by atoms with Gasteiger partial charge in [-0.15, -0.1) is 0 Å². The fourth-order valence-corrected chi connectivity index (χ4v) is 7.89. The second-order valence-corrected chi connectivity index (χ2v) is 13.9. The van der Waals surface area contributed by atoms with E-state index in [0.29, 0.717) is 0 Å². The van der Waals surface area contributed by atoms with Crippen LogP contribution in [0.25, 0.3) is 101 Å². The molecule has 0 saturated heterocycles. The highest BCUT2D eigenvalue weighted by atomic mass is 15.2. The van der Waals surface area contributed by atoms with Gasteiger partial charge in [0.15, 0.2) is 11.3 Å². The van der Waals surface area contributed by atoms with E-state index in [-0.39, 0.29) is 0 Å². The Morgan fingerprint density at radius 3 is 1.05 bits per heavy atom. The van der Waals surface area contributed by atoms with Gasteiger partial charge in [0.1, 0.15) is 22.7 Å². The van der Waals surface area contributed by atoms with Crippen molar-refractivity contribution >= 4 is 44.1 Å². The smallest absolute Gasteiger partial charge is 0.168 e. The summed E-state index contributed by atoms with van der Waals surface area (Å²) >= 11 is 0. The number of hydrogen-bond donors (Lipinski definition) is 0.